The van der Waals surface area contributed by atoms with Gasteiger partial charge in [0.2, 0.25) is 5.91 Å². The van der Waals surface area contributed by atoms with Gasteiger partial charge in [-0.2, -0.15) is 26.3 Å². The van der Waals surface area contributed by atoms with Gasteiger partial charge in [0.05, 0.1) is 24.4 Å². The van der Waals surface area contributed by atoms with Crippen LogP contribution in [0, 0.1) is 0 Å². The quantitative estimate of drug-likeness (QED) is 0.600. The number of hydrogen-bond donors (Lipinski definition) is 2. The second kappa shape index (κ2) is 9.24. The first-order valence-electron chi connectivity index (χ1n) is 9.83. The van der Waals surface area contributed by atoms with Crippen molar-refractivity contribution in [1.29, 1.82) is 0 Å². The molecular weight excluding hydrogens is 446 g/mol. The molecule has 2 aliphatic rings. The maximum absolute atomic E-state index is 13.7. The Morgan fingerprint density at radius 3 is 2.47 bits per heavy atom. The smallest absolute Gasteiger partial charge is 0.370 e. The molecular formula is C19H22F6N4O3. The summed E-state index contributed by atoms with van der Waals surface area (Å²) >= 11 is 0. The van der Waals surface area contributed by atoms with Gasteiger partial charge in [-0.25, -0.2) is 0 Å². The number of alkyl halides is 6. The lowest BCUT2D eigenvalue weighted by atomic mass is 10.1. The molecule has 13 heteroatoms. The van der Waals surface area contributed by atoms with Crippen molar-refractivity contribution in [3.63, 3.8) is 0 Å². The molecule has 3 N–H and O–H groups in total. The highest BCUT2D eigenvalue weighted by Gasteiger charge is 2.43. The first-order chi connectivity index (χ1) is 14.9. The summed E-state index contributed by atoms with van der Waals surface area (Å²) in [6.07, 6.45) is -8.47. The molecule has 3 rings (SSSR count). The third-order valence-corrected chi connectivity index (χ3v) is 5.15. The third kappa shape index (κ3) is 5.90. The van der Waals surface area contributed by atoms with Gasteiger partial charge in [-0.1, -0.05) is 0 Å². The average molecular weight is 468 g/mol. The molecule has 1 aromatic carbocycles. The Morgan fingerprint density at radius 2 is 1.94 bits per heavy atom. The normalized spacial score (nSPS) is 18.8. The maximum atomic E-state index is 13.7. The molecule has 2 fully saturated rings. The Bertz CT molecular complexity index is 856. The van der Waals surface area contributed by atoms with Crippen molar-refractivity contribution in [3.8, 4) is 0 Å². The van der Waals surface area contributed by atoms with Gasteiger partial charge in [0.25, 0.3) is 5.91 Å². The Balaban J connectivity index is 1.84. The molecule has 2 amide bonds. The highest BCUT2D eigenvalue weighted by atomic mass is 19.4. The molecule has 0 bridgehead atoms. The van der Waals surface area contributed by atoms with Crippen molar-refractivity contribution in [3.05, 3.63) is 23.8 Å². The van der Waals surface area contributed by atoms with E-state index in [-0.39, 0.29) is 25.4 Å². The summed E-state index contributed by atoms with van der Waals surface area (Å²) in [7, 11) is 0. The topological polar surface area (TPSA) is 87.9 Å². The summed E-state index contributed by atoms with van der Waals surface area (Å²) < 4.78 is 84.7. The van der Waals surface area contributed by atoms with Gasteiger partial charge in [0.15, 0.2) is 0 Å². The van der Waals surface area contributed by atoms with E-state index in [1.54, 1.807) is 0 Å². The first kappa shape index (κ1) is 24.3. The van der Waals surface area contributed by atoms with Crippen LogP contribution in [-0.4, -0.2) is 67.8 Å². The second-order valence-corrected chi connectivity index (χ2v) is 7.59. The third-order valence-electron chi connectivity index (χ3n) is 5.15. The summed E-state index contributed by atoms with van der Waals surface area (Å²) in [6, 6.07) is 1.02. The summed E-state index contributed by atoms with van der Waals surface area (Å²) in [5.74, 6) is -1.58. The summed E-state index contributed by atoms with van der Waals surface area (Å²) in [4.78, 5) is 26.5. The zero-order valence-electron chi connectivity index (χ0n) is 16.8. The SMILES string of the molecule is NC[C@H](C(=O)Nc1ccc(N2CCOCC2=O)c(C(F)(F)F)c1)N(CC(F)(F)F)C1CC1. The largest absolute Gasteiger partial charge is 0.418 e. The van der Waals surface area contributed by atoms with Crippen LogP contribution in [0.1, 0.15) is 18.4 Å². The number of nitrogens with zero attached hydrogens (tertiary/aromatic N) is 2. The van der Waals surface area contributed by atoms with Crippen LogP contribution in [0.15, 0.2) is 18.2 Å². The van der Waals surface area contributed by atoms with E-state index in [1.165, 1.54) is 0 Å². The molecule has 1 aromatic rings. The van der Waals surface area contributed by atoms with E-state index >= 15 is 0 Å². The number of carbonyl (C=O) groups is 2. The fourth-order valence-corrected chi connectivity index (χ4v) is 3.57. The maximum Gasteiger partial charge on any atom is 0.418 e. The Kier molecular flexibility index (Phi) is 7.00. The molecule has 1 heterocycles. The number of amides is 2. The van der Waals surface area contributed by atoms with Crippen molar-refractivity contribution in [1.82, 2.24) is 4.90 Å². The fraction of sp³-hybridized carbons (Fsp3) is 0.579. The van der Waals surface area contributed by atoms with Gasteiger partial charge in [-0.15, -0.1) is 0 Å². The van der Waals surface area contributed by atoms with E-state index < -0.39 is 60.6 Å². The number of anilines is 2. The molecule has 0 unspecified atom stereocenters. The lowest BCUT2D eigenvalue weighted by Gasteiger charge is -2.31. The van der Waals surface area contributed by atoms with E-state index in [0.29, 0.717) is 18.9 Å². The minimum absolute atomic E-state index is 0.0654. The van der Waals surface area contributed by atoms with Gasteiger partial charge in [0.1, 0.15) is 12.6 Å². The lowest BCUT2D eigenvalue weighted by molar-refractivity contribution is -0.155. The summed E-state index contributed by atoms with van der Waals surface area (Å²) in [5.41, 5.74) is 3.72. The van der Waals surface area contributed by atoms with Crippen LogP contribution in [0.5, 0.6) is 0 Å². The number of ether oxygens (including phenoxy) is 1. The van der Waals surface area contributed by atoms with Gasteiger partial charge in [-0.05, 0) is 31.0 Å². The standard InChI is InChI=1S/C19H22F6N4O3/c20-18(21,22)10-29(12-2-3-12)15(8-26)17(31)27-11-1-4-14(13(7-11)19(23,24)25)28-5-6-32-9-16(28)30/h1,4,7,12,15H,2-3,5-6,8-10,26H2,(H,27,31)/t15-/m1/s1. The van der Waals surface area contributed by atoms with Crippen LogP contribution < -0.4 is 16.0 Å². The summed E-state index contributed by atoms with van der Waals surface area (Å²) in [5, 5.41) is 2.24. The van der Waals surface area contributed by atoms with Crippen LogP contribution in [0.3, 0.4) is 0 Å². The second-order valence-electron chi connectivity index (χ2n) is 7.59. The van der Waals surface area contributed by atoms with Crippen molar-refractivity contribution in [2.45, 2.75) is 37.3 Å². The average Bonchev–Trinajstić information content (AvgIpc) is 3.52. The van der Waals surface area contributed by atoms with Crippen LogP contribution in [0.25, 0.3) is 0 Å². The molecule has 1 saturated heterocycles. The fourth-order valence-electron chi connectivity index (χ4n) is 3.57. The van der Waals surface area contributed by atoms with Crippen molar-refractivity contribution in [2.75, 3.05) is 43.1 Å². The molecule has 1 atom stereocenters. The molecule has 1 aliphatic heterocycles. The molecule has 178 valence electrons. The van der Waals surface area contributed by atoms with Crippen LogP contribution in [0.4, 0.5) is 37.7 Å². The monoisotopic (exact) mass is 468 g/mol. The number of hydrogen-bond acceptors (Lipinski definition) is 5. The summed E-state index contributed by atoms with van der Waals surface area (Å²) in [6.45, 7) is -2.15. The molecule has 1 saturated carbocycles. The van der Waals surface area contributed by atoms with Crippen LogP contribution in [-0.2, 0) is 20.5 Å². The Labute approximate surface area is 179 Å². The van der Waals surface area contributed by atoms with Crippen LogP contribution >= 0.6 is 0 Å². The Hall–Kier alpha value is -2.38. The van der Waals surface area contributed by atoms with Gasteiger partial charge >= 0.3 is 12.4 Å². The van der Waals surface area contributed by atoms with Crippen LogP contribution in [0.2, 0.25) is 0 Å². The van der Waals surface area contributed by atoms with E-state index in [1.807, 2.05) is 0 Å². The number of rotatable bonds is 7. The molecule has 0 spiro atoms. The number of nitrogens with one attached hydrogen (secondary N) is 1. The predicted molar refractivity (Wildman–Crippen MR) is 102 cm³/mol. The number of benzene rings is 1. The zero-order chi connectivity index (χ0) is 23.7. The van der Waals surface area contributed by atoms with Crippen molar-refractivity contribution < 1.29 is 40.7 Å². The van der Waals surface area contributed by atoms with E-state index in [2.05, 4.69) is 5.32 Å². The highest BCUT2D eigenvalue weighted by Crippen LogP contribution is 2.39. The van der Waals surface area contributed by atoms with E-state index in [9.17, 15) is 35.9 Å². The first-order valence-corrected chi connectivity index (χ1v) is 9.83. The molecule has 7 nitrogen and oxygen atoms in total. The van der Waals surface area contributed by atoms with Crippen molar-refractivity contribution in [2.24, 2.45) is 5.73 Å². The number of morpholine rings is 1. The van der Waals surface area contributed by atoms with Gasteiger partial charge < -0.3 is 20.7 Å². The van der Waals surface area contributed by atoms with E-state index in [4.69, 9.17) is 10.5 Å². The molecule has 0 radical (unpaired) electrons. The van der Waals surface area contributed by atoms with Crippen molar-refractivity contribution >= 4 is 23.2 Å². The highest BCUT2D eigenvalue weighted by molar-refractivity contribution is 5.98. The zero-order valence-corrected chi connectivity index (χ0v) is 16.8. The molecule has 1 aliphatic carbocycles. The van der Waals surface area contributed by atoms with Gasteiger partial charge in [-0.3, -0.25) is 14.5 Å². The number of carbonyl (C=O) groups excluding carboxylic acids is 2. The minimum atomic E-state index is -4.85. The number of nitrogens with two attached hydrogens (primary N) is 1. The Morgan fingerprint density at radius 1 is 1.25 bits per heavy atom. The van der Waals surface area contributed by atoms with E-state index in [0.717, 1.165) is 21.9 Å². The molecule has 0 aromatic heterocycles. The lowest BCUT2D eigenvalue weighted by Crippen LogP contribution is -2.52. The predicted octanol–water partition coefficient (Wildman–Crippen LogP) is 2.36. The number of halogens is 6. The molecule has 32 heavy (non-hydrogen) atoms. The van der Waals surface area contributed by atoms with Gasteiger partial charge in [0, 0.05) is 24.8 Å². The minimum Gasteiger partial charge on any atom is -0.370 e.